The summed E-state index contributed by atoms with van der Waals surface area (Å²) in [5.41, 5.74) is 0.175. The lowest BCUT2D eigenvalue weighted by molar-refractivity contribution is 0.0165. The van der Waals surface area contributed by atoms with Crippen molar-refractivity contribution in [2.45, 2.75) is 31.3 Å². The maximum atomic E-state index is 13.8. The van der Waals surface area contributed by atoms with Gasteiger partial charge in [-0.2, -0.15) is 0 Å². The largest absolute Gasteiger partial charge is 0.381 e. The number of nitrogens with one attached hydrogen (secondary N) is 1. The Bertz CT molecular complexity index is 756. The summed E-state index contributed by atoms with van der Waals surface area (Å²) in [6.45, 7) is 4.11. The van der Waals surface area contributed by atoms with Crippen LogP contribution in [0, 0.1) is 5.82 Å². The number of carbonyl (C=O) groups excluding carboxylic acids is 2. The van der Waals surface area contributed by atoms with Gasteiger partial charge in [-0.3, -0.25) is 4.90 Å². The van der Waals surface area contributed by atoms with Crippen LogP contribution in [0.15, 0.2) is 24.3 Å². The van der Waals surface area contributed by atoms with Crippen LogP contribution < -0.4 is 5.32 Å². The van der Waals surface area contributed by atoms with Crippen LogP contribution in [0.3, 0.4) is 0 Å². The number of halogens is 1. The van der Waals surface area contributed by atoms with E-state index in [9.17, 15) is 14.0 Å². The zero-order valence-electron chi connectivity index (χ0n) is 18.7. The van der Waals surface area contributed by atoms with E-state index in [1.165, 1.54) is 6.07 Å². The molecule has 0 radical (unpaired) electrons. The predicted octanol–water partition coefficient (Wildman–Crippen LogP) is 2.53. The second kappa shape index (κ2) is 10.8. The normalized spacial score (nSPS) is 19.5. The SMILES string of the molecule is CN(C)C(=O)N1CCC(N(CCN(C)C(=O)Nc2ccccc2F)C2CCOCC2)C1. The monoisotopic (exact) mass is 435 g/mol. The highest BCUT2D eigenvalue weighted by Crippen LogP contribution is 2.24. The number of hydrogen-bond donors (Lipinski definition) is 1. The molecule has 0 bridgehead atoms. The number of carbonyl (C=O) groups is 2. The van der Waals surface area contributed by atoms with Crippen molar-refractivity contribution in [2.24, 2.45) is 0 Å². The average molecular weight is 436 g/mol. The minimum absolute atomic E-state index is 0.0378. The van der Waals surface area contributed by atoms with Crippen molar-refractivity contribution in [1.82, 2.24) is 19.6 Å². The first-order chi connectivity index (χ1) is 14.9. The molecule has 31 heavy (non-hydrogen) atoms. The van der Waals surface area contributed by atoms with Crippen LogP contribution in [0.2, 0.25) is 0 Å². The molecule has 2 heterocycles. The molecular weight excluding hydrogens is 401 g/mol. The van der Waals surface area contributed by atoms with Crippen LogP contribution in [-0.4, -0.2) is 104 Å². The molecule has 1 aromatic rings. The summed E-state index contributed by atoms with van der Waals surface area (Å²) in [6.07, 6.45) is 2.81. The molecule has 1 aromatic carbocycles. The minimum atomic E-state index is -0.454. The van der Waals surface area contributed by atoms with E-state index in [0.717, 1.165) is 39.0 Å². The molecule has 0 saturated carbocycles. The summed E-state index contributed by atoms with van der Waals surface area (Å²) in [6, 6.07) is 6.47. The zero-order chi connectivity index (χ0) is 22.4. The van der Waals surface area contributed by atoms with E-state index in [1.54, 1.807) is 49.1 Å². The topological polar surface area (TPSA) is 68.4 Å². The van der Waals surface area contributed by atoms with Gasteiger partial charge in [-0.1, -0.05) is 12.1 Å². The number of amides is 4. The second-order valence-corrected chi connectivity index (χ2v) is 8.48. The molecule has 1 N–H and O–H groups in total. The Morgan fingerprint density at radius 2 is 1.81 bits per heavy atom. The quantitative estimate of drug-likeness (QED) is 0.746. The van der Waals surface area contributed by atoms with Crippen molar-refractivity contribution < 1.29 is 18.7 Å². The number of anilines is 1. The van der Waals surface area contributed by atoms with Crippen molar-refractivity contribution in [3.05, 3.63) is 30.1 Å². The van der Waals surface area contributed by atoms with E-state index < -0.39 is 5.82 Å². The second-order valence-electron chi connectivity index (χ2n) is 8.48. The van der Waals surface area contributed by atoms with Crippen molar-refractivity contribution in [1.29, 1.82) is 0 Å². The van der Waals surface area contributed by atoms with Gasteiger partial charge in [-0.05, 0) is 31.4 Å². The number of ether oxygens (including phenoxy) is 1. The molecule has 8 nitrogen and oxygen atoms in total. The van der Waals surface area contributed by atoms with Gasteiger partial charge < -0.3 is 24.8 Å². The number of benzene rings is 1. The van der Waals surface area contributed by atoms with Crippen LogP contribution in [0.5, 0.6) is 0 Å². The van der Waals surface area contributed by atoms with Crippen molar-refractivity contribution >= 4 is 17.7 Å². The summed E-state index contributed by atoms with van der Waals surface area (Å²) in [7, 11) is 5.26. The Hall–Kier alpha value is -2.39. The number of urea groups is 2. The average Bonchev–Trinajstić information content (AvgIpc) is 3.25. The lowest BCUT2D eigenvalue weighted by Gasteiger charge is -2.39. The Morgan fingerprint density at radius 1 is 1.10 bits per heavy atom. The predicted molar refractivity (Wildman–Crippen MR) is 118 cm³/mol. The van der Waals surface area contributed by atoms with E-state index in [4.69, 9.17) is 4.74 Å². The smallest absolute Gasteiger partial charge is 0.321 e. The summed E-state index contributed by atoms with van der Waals surface area (Å²) < 4.78 is 19.4. The number of hydrogen-bond acceptors (Lipinski definition) is 4. The van der Waals surface area contributed by atoms with Gasteiger partial charge in [-0.25, -0.2) is 14.0 Å². The molecule has 2 aliphatic rings. The van der Waals surface area contributed by atoms with E-state index in [2.05, 4.69) is 10.2 Å². The van der Waals surface area contributed by atoms with Crippen LogP contribution >= 0.6 is 0 Å². The molecule has 0 aliphatic carbocycles. The minimum Gasteiger partial charge on any atom is -0.381 e. The number of likely N-dealkylation sites (tertiary alicyclic amines) is 1. The lowest BCUT2D eigenvalue weighted by Crippen LogP contribution is -2.51. The highest BCUT2D eigenvalue weighted by Gasteiger charge is 2.35. The van der Waals surface area contributed by atoms with E-state index in [1.807, 2.05) is 4.90 Å². The first-order valence-electron chi connectivity index (χ1n) is 10.9. The summed E-state index contributed by atoms with van der Waals surface area (Å²) in [4.78, 5) is 32.4. The lowest BCUT2D eigenvalue weighted by atomic mass is 10.0. The van der Waals surface area contributed by atoms with Crippen LogP contribution in [0.1, 0.15) is 19.3 Å². The third kappa shape index (κ3) is 6.07. The van der Waals surface area contributed by atoms with Gasteiger partial charge in [0.15, 0.2) is 0 Å². The molecule has 2 aliphatic heterocycles. The Balaban J connectivity index is 1.60. The summed E-state index contributed by atoms with van der Waals surface area (Å²) in [5.74, 6) is -0.454. The zero-order valence-corrected chi connectivity index (χ0v) is 18.7. The Morgan fingerprint density at radius 3 is 2.48 bits per heavy atom. The number of likely N-dealkylation sites (N-methyl/N-ethyl adjacent to an activating group) is 1. The van der Waals surface area contributed by atoms with Crippen molar-refractivity contribution in [2.75, 3.05) is 65.9 Å². The van der Waals surface area contributed by atoms with Crippen LogP contribution in [0.4, 0.5) is 19.7 Å². The van der Waals surface area contributed by atoms with Gasteiger partial charge in [0.25, 0.3) is 0 Å². The van der Waals surface area contributed by atoms with Gasteiger partial charge >= 0.3 is 12.1 Å². The first kappa shape index (κ1) is 23.3. The fourth-order valence-corrected chi connectivity index (χ4v) is 4.29. The van der Waals surface area contributed by atoms with Gasteiger partial charge in [0.1, 0.15) is 5.82 Å². The number of nitrogens with zero attached hydrogens (tertiary/aromatic N) is 4. The van der Waals surface area contributed by atoms with Gasteiger partial charge in [-0.15, -0.1) is 0 Å². The summed E-state index contributed by atoms with van der Waals surface area (Å²) in [5, 5.41) is 2.63. The molecule has 2 fully saturated rings. The van der Waals surface area contributed by atoms with E-state index in [0.29, 0.717) is 25.7 Å². The fraction of sp³-hybridized carbons (Fsp3) is 0.636. The molecular formula is C22H34FN5O3. The molecule has 1 atom stereocenters. The van der Waals surface area contributed by atoms with Gasteiger partial charge in [0.05, 0.1) is 5.69 Å². The van der Waals surface area contributed by atoms with Gasteiger partial charge in [0.2, 0.25) is 0 Å². The van der Waals surface area contributed by atoms with E-state index >= 15 is 0 Å². The standard InChI is InChI=1S/C22H34FN5O3/c1-25(2)22(30)27-11-8-18(16-27)28(17-9-14-31-15-10-17)13-12-26(3)21(29)24-20-7-5-4-6-19(20)23/h4-7,17-18H,8-16H2,1-3H3,(H,24,29). The molecule has 0 spiro atoms. The highest BCUT2D eigenvalue weighted by atomic mass is 19.1. The van der Waals surface area contributed by atoms with E-state index in [-0.39, 0.29) is 23.8 Å². The molecule has 0 aromatic heterocycles. The number of rotatable bonds is 6. The van der Waals surface area contributed by atoms with Crippen LogP contribution in [0.25, 0.3) is 0 Å². The van der Waals surface area contributed by atoms with Crippen molar-refractivity contribution in [3.8, 4) is 0 Å². The fourth-order valence-electron chi connectivity index (χ4n) is 4.29. The molecule has 172 valence electrons. The first-order valence-corrected chi connectivity index (χ1v) is 10.9. The van der Waals surface area contributed by atoms with Crippen LogP contribution in [-0.2, 0) is 4.74 Å². The highest BCUT2D eigenvalue weighted by molar-refractivity contribution is 5.89. The third-order valence-electron chi connectivity index (χ3n) is 6.10. The number of para-hydroxylation sites is 1. The molecule has 3 rings (SSSR count). The maximum Gasteiger partial charge on any atom is 0.321 e. The molecule has 2 saturated heterocycles. The Labute approximate surface area is 183 Å². The molecule has 4 amide bonds. The maximum absolute atomic E-state index is 13.8. The summed E-state index contributed by atoms with van der Waals surface area (Å²) >= 11 is 0. The molecule has 9 heteroatoms. The molecule has 1 unspecified atom stereocenters. The van der Waals surface area contributed by atoms with Crippen molar-refractivity contribution in [3.63, 3.8) is 0 Å². The van der Waals surface area contributed by atoms with Gasteiger partial charge in [0, 0.05) is 72.6 Å². The third-order valence-corrected chi connectivity index (χ3v) is 6.10. The Kier molecular flexibility index (Phi) is 8.09.